The zero-order valence-corrected chi connectivity index (χ0v) is 12.1. The second-order valence-electron chi connectivity index (χ2n) is 6.09. The van der Waals surface area contributed by atoms with Crippen molar-refractivity contribution in [1.82, 2.24) is 0 Å². The molecule has 19 heavy (non-hydrogen) atoms. The Balaban J connectivity index is 1.95. The minimum atomic E-state index is 0.0189. The minimum Gasteiger partial charge on any atom is -0.324 e. The van der Waals surface area contributed by atoms with Gasteiger partial charge in [-0.15, -0.1) is 0 Å². The Labute approximate surface area is 116 Å². The highest BCUT2D eigenvalue weighted by atomic mass is 16.2. The average molecular weight is 261 g/mol. The molecule has 0 spiro atoms. The van der Waals surface area contributed by atoms with Crippen LogP contribution < -0.4 is 10.2 Å². The van der Waals surface area contributed by atoms with Gasteiger partial charge in [0.1, 0.15) is 0 Å². The smallest absolute Gasteiger partial charge is 0.282 e. The maximum atomic E-state index is 12.3. The summed E-state index contributed by atoms with van der Waals surface area (Å²) in [6, 6.07) is 9.72. The molecular formula is C16H25N2O+. The first kappa shape index (κ1) is 14.1. The van der Waals surface area contributed by atoms with E-state index in [1.165, 1.54) is 11.3 Å². The summed E-state index contributed by atoms with van der Waals surface area (Å²) in [5, 5.41) is 3.01. The Morgan fingerprint density at radius 2 is 1.79 bits per heavy atom. The lowest BCUT2D eigenvalue weighted by molar-refractivity contribution is -0.925. The molecule has 1 amide bonds. The molecule has 2 rings (SSSR count). The zero-order valence-electron chi connectivity index (χ0n) is 12.1. The molecule has 0 saturated carbocycles. The van der Waals surface area contributed by atoms with Crippen molar-refractivity contribution in [2.75, 3.05) is 18.4 Å². The molecule has 1 aromatic rings. The Morgan fingerprint density at radius 3 is 2.37 bits per heavy atom. The Morgan fingerprint density at radius 1 is 1.21 bits per heavy atom. The molecule has 0 bridgehead atoms. The van der Waals surface area contributed by atoms with Gasteiger partial charge < -0.3 is 10.2 Å². The van der Waals surface area contributed by atoms with Gasteiger partial charge >= 0.3 is 0 Å². The van der Waals surface area contributed by atoms with Crippen LogP contribution >= 0.6 is 0 Å². The van der Waals surface area contributed by atoms with Crippen molar-refractivity contribution >= 4 is 11.6 Å². The summed E-state index contributed by atoms with van der Waals surface area (Å²) in [7, 11) is 0. The summed E-state index contributed by atoms with van der Waals surface area (Å²) < 4.78 is 0. The van der Waals surface area contributed by atoms with Crippen molar-refractivity contribution in [1.29, 1.82) is 0 Å². The highest BCUT2D eigenvalue weighted by molar-refractivity contribution is 5.93. The Kier molecular flexibility index (Phi) is 4.59. The van der Waals surface area contributed by atoms with E-state index in [0.717, 1.165) is 18.8 Å². The van der Waals surface area contributed by atoms with Crippen LogP contribution in [0.5, 0.6) is 0 Å². The van der Waals surface area contributed by atoms with Crippen LogP contribution in [-0.4, -0.2) is 25.0 Å². The van der Waals surface area contributed by atoms with Gasteiger partial charge in [-0.3, -0.25) is 4.79 Å². The van der Waals surface area contributed by atoms with Crippen LogP contribution in [0.2, 0.25) is 0 Å². The van der Waals surface area contributed by atoms with E-state index in [4.69, 9.17) is 0 Å². The van der Waals surface area contributed by atoms with Crippen molar-refractivity contribution in [2.24, 2.45) is 11.8 Å². The van der Waals surface area contributed by atoms with E-state index in [9.17, 15) is 4.79 Å². The van der Waals surface area contributed by atoms with Gasteiger partial charge in [-0.1, -0.05) is 32.0 Å². The predicted octanol–water partition coefficient (Wildman–Crippen LogP) is 1.57. The molecule has 0 aromatic heterocycles. The van der Waals surface area contributed by atoms with Gasteiger partial charge in [0.2, 0.25) is 0 Å². The fourth-order valence-corrected chi connectivity index (χ4v) is 3.14. The summed E-state index contributed by atoms with van der Waals surface area (Å²) in [5.41, 5.74) is 0.886. The van der Waals surface area contributed by atoms with Crippen LogP contribution in [0.3, 0.4) is 0 Å². The number of piperidine rings is 1. The first-order valence-corrected chi connectivity index (χ1v) is 7.26. The lowest BCUT2D eigenvalue weighted by atomic mass is 9.91. The van der Waals surface area contributed by atoms with Gasteiger partial charge in [0.25, 0.3) is 5.91 Å². The molecule has 3 nitrogen and oxygen atoms in total. The first-order chi connectivity index (χ1) is 9.06. The van der Waals surface area contributed by atoms with E-state index < -0.39 is 0 Å². The molecule has 0 aliphatic carbocycles. The third kappa shape index (κ3) is 3.80. The number of para-hydroxylation sites is 1. The van der Waals surface area contributed by atoms with Gasteiger partial charge in [0.15, 0.2) is 6.04 Å². The number of anilines is 1. The highest BCUT2D eigenvalue weighted by Gasteiger charge is 2.32. The Bertz CT molecular complexity index is 408. The molecule has 3 atom stereocenters. The number of likely N-dealkylation sites (tertiary alicyclic amines) is 1. The monoisotopic (exact) mass is 261 g/mol. The maximum Gasteiger partial charge on any atom is 0.282 e. The normalized spacial score (nSPS) is 28.7. The topological polar surface area (TPSA) is 33.5 Å². The molecule has 1 aliphatic heterocycles. The lowest BCUT2D eigenvalue weighted by Crippen LogP contribution is -3.18. The number of quaternary nitrogens is 1. The van der Waals surface area contributed by atoms with E-state index in [-0.39, 0.29) is 11.9 Å². The van der Waals surface area contributed by atoms with E-state index in [0.29, 0.717) is 11.8 Å². The molecule has 1 aromatic carbocycles. The van der Waals surface area contributed by atoms with Gasteiger partial charge in [0, 0.05) is 17.5 Å². The van der Waals surface area contributed by atoms with Gasteiger partial charge in [-0.2, -0.15) is 0 Å². The number of carbonyl (C=O) groups is 1. The number of rotatable bonds is 3. The van der Waals surface area contributed by atoms with Crippen LogP contribution in [0.15, 0.2) is 30.3 Å². The maximum absolute atomic E-state index is 12.3. The number of hydrogen-bond acceptors (Lipinski definition) is 1. The molecular weight excluding hydrogens is 236 g/mol. The molecule has 1 aliphatic rings. The molecule has 2 N–H and O–H groups in total. The molecule has 1 heterocycles. The molecule has 0 radical (unpaired) electrons. The van der Waals surface area contributed by atoms with Crippen molar-refractivity contribution in [2.45, 2.75) is 33.2 Å². The second-order valence-corrected chi connectivity index (χ2v) is 6.09. The average Bonchev–Trinajstić information content (AvgIpc) is 2.37. The van der Waals surface area contributed by atoms with E-state index >= 15 is 0 Å². The number of benzene rings is 1. The molecule has 1 saturated heterocycles. The molecule has 104 valence electrons. The minimum absolute atomic E-state index is 0.0189. The number of hydrogen-bond donors (Lipinski definition) is 2. The summed E-state index contributed by atoms with van der Waals surface area (Å²) in [5.74, 6) is 1.55. The van der Waals surface area contributed by atoms with Crippen molar-refractivity contribution in [3.63, 3.8) is 0 Å². The number of amides is 1. The van der Waals surface area contributed by atoms with Gasteiger partial charge in [-0.05, 0) is 25.5 Å². The Hall–Kier alpha value is -1.35. The number of nitrogens with one attached hydrogen (secondary N) is 2. The quantitative estimate of drug-likeness (QED) is 0.851. The predicted molar refractivity (Wildman–Crippen MR) is 78.2 cm³/mol. The molecule has 3 heteroatoms. The SMILES string of the molecule is C[C@H]1C[C@H](C)C[NH+]([C@@H](C)C(=O)Nc2ccccc2)C1. The molecule has 1 fully saturated rings. The fourth-order valence-electron chi connectivity index (χ4n) is 3.14. The highest BCUT2D eigenvalue weighted by Crippen LogP contribution is 2.12. The van der Waals surface area contributed by atoms with Crippen molar-refractivity contribution in [3.05, 3.63) is 30.3 Å². The van der Waals surface area contributed by atoms with Gasteiger partial charge in [-0.25, -0.2) is 0 Å². The van der Waals surface area contributed by atoms with Crippen molar-refractivity contribution in [3.8, 4) is 0 Å². The first-order valence-electron chi connectivity index (χ1n) is 7.26. The van der Waals surface area contributed by atoms with E-state index in [1.54, 1.807) is 0 Å². The summed E-state index contributed by atoms with van der Waals surface area (Å²) in [6.07, 6.45) is 1.29. The van der Waals surface area contributed by atoms with Crippen LogP contribution in [0.1, 0.15) is 27.2 Å². The van der Waals surface area contributed by atoms with Gasteiger partial charge in [0.05, 0.1) is 13.1 Å². The van der Waals surface area contributed by atoms with Crippen LogP contribution in [0, 0.1) is 11.8 Å². The van der Waals surface area contributed by atoms with Crippen LogP contribution in [0.4, 0.5) is 5.69 Å². The van der Waals surface area contributed by atoms with E-state index in [1.807, 2.05) is 37.3 Å². The van der Waals surface area contributed by atoms with Crippen LogP contribution in [-0.2, 0) is 4.79 Å². The van der Waals surface area contributed by atoms with Crippen LogP contribution in [0.25, 0.3) is 0 Å². The standard InChI is InChI=1S/C16H24N2O/c1-12-9-13(2)11-18(10-12)14(3)16(19)17-15-7-5-4-6-8-15/h4-8,12-14H,9-11H2,1-3H3,(H,17,19)/p+1/t12-,13-,14-/m0/s1. The zero-order chi connectivity index (χ0) is 13.8. The van der Waals surface area contributed by atoms with Crippen molar-refractivity contribution < 1.29 is 9.69 Å². The summed E-state index contributed by atoms with van der Waals surface area (Å²) in [6.45, 7) is 8.83. The third-order valence-electron chi connectivity index (χ3n) is 4.07. The lowest BCUT2D eigenvalue weighted by Gasteiger charge is -2.35. The molecule has 0 unspecified atom stereocenters. The largest absolute Gasteiger partial charge is 0.324 e. The van der Waals surface area contributed by atoms with E-state index in [2.05, 4.69) is 19.2 Å². The third-order valence-corrected chi connectivity index (χ3v) is 4.07. The summed E-state index contributed by atoms with van der Waals surface area (Å²) in [4.78, 5) is 13.7. The second kappa shape index (κ2) is 6.20. The summed E-state index contributed by atoms with van der Waals surface area (Å²) >= 11 is 0. The fraction of sp³-hybridized carbons (Fsp3) is 0.562. The number of carbonyl (C=O) groups excluding carboxylic acids is 1.